The van der Waals surface area contributed by atoms with Gasteiger partial charge in [-0.15, -0.1) is 0 Å². The standard InChI is InChI=1S/C10H11NO4/c1-6(11-14)7-3-4-9(12)8(5-7)10(13)15-2/h3-5,12,14H,1-2H3/b11-6+. The van der Waals surface area contributed by atoms with Crippen LogP contribution >= 0.6 is 0 Å². The van der Waals surface area contributed by atoms with E-state index in [1.807, 2.05) is 0 Å². The zero-order valence-corrected chi connectivity index (χ0v) is 8.39. The highest BCUT2D eigenvalue weighted by atomic mass is 16.5. The number of ether oxygens (including phenoxy) is 1. The molecular weight excluding hydrogens is 198 g/mol. The van der Waals surface area contributed by atoms with Gasteiger partial charge >= 0.3 is 5.97 Å². The van der Waals surface area contributed by atoms with Crippen LogP contribution in [-0.4, -0.2) is 29.1 Å². The third-order valence-electron chi connectivity index (χ3n) is 1.97. The van der Waals surface area contributed by atoms with E-state index in [1.165, 1.54) is 25.3 Å². The fourth-order valence-corrected chi connectivity index (χ4v) is 1.09. The van der Waals surface area contributed by atoms with Crippen molar-refractivity contribution in [2.24, 2.45) is 5.16 Å². The van der Waals surface area contributed by atoms with Crippen LogP contribution in [0.4, 0.5) is 0 Å². The molecule has 0 spiro atoms. The number of rotatable bonds is 2. The first kappa shape index (κ1) is 11.0. The largest absolute Gasteiger partial charge is 0.507 e. The van der Waals surface area contributed by atoms with Crippen LogP contribution in [0.2, 0.25) is 0 Å². The van der Waals surface area contributed by atoms with Gasteiger partial charge in [0.15, 0.2) is 0 Å². The van der Waals surface area contributed by atoms with Gasteiger partial charge in [-0.05, 0) is 25.1 Å². The molecule has 2 N–H and O–H groups in total. The van der Waals surface area contributed by atoms with Gasteiger partial charge in [-0.25, -0.2) is 4.79 Å². The topological polar surface area (TPSA) is 79.1 Å². The fraction of sp³-hybridized carbons (Fsp3) is 0.200. The van der Waals surface area contributed by atoms with Gasteiger partial charge in [0.1, 0.15) is 11.3 Å². The Morgan fingerprint density at radius 3 is 2.67 bits per heavy atom. The number of carbonyl (C=O) groups excluding carboxylic acids is 1. The average Bonchev–Trinajstić information content (AvgIpc) is 2.27. The molecule has 0 atom stereocenters. The molecule has 15 heavy (non-hydrogen) atoms. The van der Waals surface area contributed by atoms with Gasteiger partial charge in [-0.2, -0.15) is 0 Å². The minimum atomic E-state index is -0.639. The molecule has 0 heterocycles. The lowest BCUT2D eigenvalue weighted by Crippen LogP contribution is -2.04. The molecule has 0 saturated carbocycles. The van der Waals surface area contributed by atoms with E-state index in [0.29, 0.717) is 11.3 Å². The lowest BCUT2D eigenvalue weighted by Gasteiger charge is -2.04. The van der Waals surface area contributed by atoms with Gasteiger partial charge in [-0.3, -0.25) is 0 Å². The van der Waals surface area contributed by atoms with E-state index in [2.05, 4.69) is 9.89 Å². The van der Waals surface area contributed by atoms with Gasteiger partial charge < -0.3 is 15.1 Å². The summed E-state index contributed by atoms with van der Waals surface area (Å²) < 4.78 is 4.48. The number of nitrogens with zero attached hydrogens (tertiary/aromatic N) is 1. The monoisotopic (exact) mass is 209 g/mol. The number of hydrogen-bond acceptors (Lipinski definition) is 5. The lowest BCUT2D eigenvalue weighted by atomic mass is 10.1. The third-order valence-corrected chi connectivity index (χ3v) is 1.97. The number of oxime groups is 1. The van der Waals surface area contributed by atoms with Crippen molar-refractivity contribution in [3.63, 3.8) is 0 Å². The number of phenolic OH excluding ortho intramolecular Hbond substituents is 1. The van der Waals surface area contributed by atoms with Crippen molar-refractivity contribution in [1.82, 2.24) is 0 Å². The smallest absolute Gasteiger partial charge is 0.341 e. The summed E-state index contributed by atoms with van der Waals surface area (Å²) in [5, 5.41) is 20.9. The first-order valence-electron chi connectivity index (χ1n) is 4.20. The molecule has 1 aromatic rings. The molecule has 0 aliphatic rings. The maximum Gasteiger partial charge on any atom is 0.341 e. The van der Waals surface area contributed by atoms with Gasteiger partial charge in [0, 0.05) is 5.56 Å². The van der Waals surface area contributed by atoms with Crippen molar-refractivity contribution >= 4 is 11.7 Å². The third kappa shape index (κ3) is 2.25. The molecule has 0 aromatic heterocycles. The average molecular weight is 209 g/mol. The van der Waals surface area contributed by atoms with Crippen LogP contribution in [-0.2, 0) is 4.74 Å². The molecule has 0 aliphatic heterocycles. The Morgan fingerprint density at radius 2 is 2.13 bits per heavy atom. The van der Waals surface area contributed by atoms with E-state index in [4.69, 9.17) is 5.21 Å². The summed E-state index contributed by atoms with van der Waals surface area (Å²) in [5.74, 6) is -0.809. The summed E-state index contributed by atoms with van der Waals surface area (Å²) in [5.41, 5.74) is 0.925. The molecule has 1 aromatic carbocycles. The van der Waals surface area contributed by atoms with Crippen molar-refractivity contribution in [2.45, 2.75) is 6.92 Å². The van der Waals surface area contributed by atoms with Crippen LogP contribution in [0.5, 0.6) is 5.75 Å². The molecule has 0 saturated heterocycles. The summed E-state index contributed by atoms with van der Waals surface area (Å²) in [4.78, 5) is 11.2. The second-order valence-electron chi connectivity index (χ2n) is 2.91. The maximum absolute atomic E-state index is 11.2. The van der Waals surface area contributed by atoms with Crippen molar-refractivity contribution < 1.29 is 19.8 Å². The molecule has 0 radical (unpaired) electrons. The Morgan fingerprint density at radius 1 is 1.47 bits per heavy atom. The quantitative estimate of drug-likeness (QED) is 0.334. The number of benzene rings is 1. The second-order valence-corrected chi connectivity index (χ2v) is 2.91. The van der Waals surface area contributed by atoms with Crippen LogP contribution in [0.3, 0.4) is 0 Å². The number of methoxy groups -OCH3 is 1. The summed E-state index contributed by atoms with van der Waals surface area (Å²) in [6.07, 6.45) is 0. The molecule has 5 nitrogen and oxygen atoms in total. The molecule has 5 heteroatoms. The number of esters is 1. The zero-order chi connectivity index (χ0) is 11.4. The minimum Gasteiger partial charge on any atom is -0.507 e. The number of carbonyl (C=O) groups is 1. The van der Waals surface area contributed by atoms with E-state index in [0.717, 1.165) is 0 Å². The van der Waals surface area contributed by atoms with Crippen molar-refractivity contribution in [3.8, 4) is 5.75 Å². The first-order valence-corrected chi connectivity index (χ1v) is 4.20. The molecule has 80 valence electrons. The van der Waals surface area contributed by atoms with Crippen LogP contribution in [0.1, 0.15) is 22.8 Å². The number of hydrogen-bond donors (Lipinski definition) is 2. The van der Waals surface area contributed by atoms with E-state index in [1.54, 1.807) is 6.92 Å². The van der Waals surface area contributed by atoms with E-state index >= 15 is 0 Å². The van der Waals surface area contributed by atoms with Crippen LogP contribution < -0.4 is 0 Å². The Labute approximate surface area is 86.6 Å². The highest BCUT2D eigenvalue weighted by molar-refractivity contribution is 6.01. The maximum atomic E-state index is 11.2. The molecular formula is C10H11NO4. The molecule has 0 aliphatic carbocycles. The van der Waals surface area contributed by atoms with Gasteiger partial charge in [0.05, 0.1) is 12.8 Å². The van der Waals surface area contributed by atoms with Crippen molar-refractivity contribution in [3.05, 3.63) is 29.3 Å². The van der Waals surface area contributed by atoms with E-state index in [9.17, 15) is 9.90 Å². The number of aromatic hydroxyl groups is 1. The van der Waals surface area contributed by atoms with Crippen LogP contribution in [0.15, 0.2) is 23.4 Å². The van der Waals surface area contributed by atoms with Gasteiger partial charge in [0.25, 0.3) is 0 Å². The Kier molecular flexibility index (Phi) is 3.28. The summed E-state index contributed by atoms with van der Waals surface area (Å²) >= 11 is 0. The predicted molar refractivity (Wildman–Crippen MR) is 53.4 cm³/mol. The lowest BCUT2D eigenvalue weighted by molar-refractivity contribution is 0.0597. The zero-order valence-electron chi connectivity index (χ0n) is 8.39. The number of phenols is 1. The molecule has 0 amide bonds. The molecule has 0 bridgehead atoms. The Balaban J connectivity index is 3.22. The highest BCUT2D eigenvalue weighted by Gasteiger charge is 2.12. The Bertz CT molecular complexity index is 412. The molecule has 0 unspecified atom stereocenters. The summed E-state index contributed by atoms with van der Waals surface area (Å²) in [7, 11) is 1.22. The van der Waals surface area contributed by atoms with Gasteiger partial charge in [-0.1, -0.05) is 5.16 Å². The normalized spacial score (nSPS) is 11.2. The van der Waals surface area contributed by atoms with Crippen molar-refractivity contribution in [2.75, 3.05) is 7.11 Å². The SMILES string of the molecule is COC(=O)c1cc(/C(C)=N/O)ccc1O. The molecule has 0 fully saturated rings. The summed E-state index contributed by atoms with van der Waals surface area (Å²) in [6.45, 7) is 1.58. The predicted octanol–water partition coefficient (Wildman–Crippen LogP) is 1.38. The van der Waals surface area contributed by atoms with E-state index < -0.39 is 5.97 Å². The second kappa shape index (κ2) is 4.45. The highest BCUT2D eigenvalue weighted by Crippen LogP contribution is 2.19. The fourth-order valence-electron chi connectivity index (χ4n) is 1.09. The summed E-state index contributed by atoms with van der Waals surface area (Å²) in [6, 6.07) is 4.28. The van der Waals surface area contributed by atoms with Crippen LogP contribution in [0.25, 0.3) is 0 Å². The minimum absolute atomic E-state index is 0.0398. The molecule has 1 rings (SSSR count). The Hall–Kier alpha value is -2.04. The van der Waals surface area contributed by atoms with Gasteiger partial charge in [0.2, 0.25) is 0 Å². The first-order chi connectivity index (χ1) is 7.10. The van der Waals surface area contributed by atoms with Crippen LogP contribution in [0, 0.1) is 0 Å². The van der Waals surface area contributed by atoms with E-state index in [-0.39, 0.29) is 11.3 Å². The van der Waals surface area contributed by atoms with Crippen molar-refractivity contribution in [1.29, 1.82) is 0 Å².